The van der Waals surface area contributed by atoms with Gasteiger partial charge in [0.2, 0.25) is 0 Å². The Morgan fingerprint density at radius 1 is 0.633 bits per heavy atom. The summed E-state index contributed by atoms with van der Waals surface area (Å²) in [5, 5.41) is 13.0. The van der Waals surface area contributed by atoms with Crippen molar-refractivity contribution in [3.05, 3.63) is 162 Å². The molecule has 1 aromatic heterocycles. The minimum Gasteiger partial charge on any atom is -0.338 e. The van der Waals surface area contributed by atoms with E-state index in [2.05, 4.69) is 169 Å². The number of para-hydroxylation sites is 5. The Labute approximate surface area is 288 Å². The predicted octanol–water partition coefficient (Wildman–Crippen LogP) is 11.7. The maximum atomic E-state index is 10.6. The summed E-state index contributed by atoms with van der Waals surface area (Å²) >= 11 is 0. The van der Waals surface area contributed by atoms with Gasteiger partial charge in [-0.25, -0.2) is 0 Å². The summed E-state index contributed by atoms with van der Waals surface area (Å²) in [4.78, 5) is 2.65. The van der Waals surface area contributed by atoms with E-state index in [1.807, 2.05) is 6.07 Å². The van der Waals surface area contributed by atoms with Crippen molar-refractivity contribution in [2.45, 2.75) is 50.5 Å². The van der Waals surface area contributed by atoms with Gasteiger partial charge in [0.15, 0.2) is 0 Å². The molecule has 0 saturated heterocycles. The molecule has 3 nitrogen and oxygen atoms in total. The molecule has 0 bridgehead atoms. The first kappa shape index (κ1) is 29.5. The van der Waals surface area contributed by atoms with Crippen LogP contribution in [-0.2, 0) is 5.41 Å². The van der Waals surface area contributed by atoms with E-state index in [0.29, 0.717) is 23.4 Å². The van der Waals surface area contributed by atoms with Crippen molar-refractivity contribution < 1.29 is 0 Å². The highest BCUT2D eigenvalue weighted by Gasteiger charge is 2.51. The van der Waals surface area contributed by atoms with E-state index in [4.69, 9.17) is 0 Å². The predicted molar refractivity (Wildman–Crippen MR) is 203 cm³/mol. The molecule has 49 heavy (non-hydrogen) atoms. The summed E-state index contributed by atoms with van der Waals surface area (Å²) < 4.78 is 2.33. The average Bonchev–Trinajstić information content (AvgIpc) is 3.49. The van der Waals surface area contributed by atoms with E-state index in [9.17, 15) is 5.26 Å². The van der Waals surface area contributed by atoms with Crippen LogP contribution in [0, 0.1) is 17.2 Å². The van der Waals surface area contributed by atoms with Crippen LogP contribution in [0.4, 0.5) is 11.4 Å². The molecule has 238 valence electrons. The molecule has 1 aliphatic heterocycles. The summed E-state index contributed by atoms with van der Waals surface area (Å²) in [6.45, 7) is 4.96. The van der Waals surface area contributed by atoms with Crippen molar-refractivity contribution in [3.63, 3.8) is 0 Å². The maximum Gasteiger partial charge on any atom is 0.101 e. The molecule has 0 amide bonds. The van der Waals surface area contributed by atoms with Gasteiger partial charge in [-0.3, -0.25) is 0 Å². The van der Waals surface area contributed by atoms with E-state index < -0.39 is 0 Å². The second-order valence-electron chi connectivity index (χ2n) is 14.3. The highest BCUT2D eigenvalue weighted by atomic mass is 15.2. The summed E-state index contributed by atoms with van der Waals surface area (Å²) in [5.41, 5.74) is 11.6. The van der Waals surface area contributed by atoms with E-state index in [1.54, 1.807) is 0 Å². The first-order valence-corrected chi connectivity index (χ1v) is 17.6. The third-order valence-corrected chi connectivity index (χ3v) is 11.5. The van der Waals surface area contributed by atoms with Crippen LogP contribution in [-0.4, -0.2) is 10.6 Å². The highest BCUT2D eigenvalue weighted by molar-refractivity contribution is 6.10. The number of anilines is 2. The van der Waals surface area contributed by atoms with Crippen LogP contribution < -0.4 is 4.90 Å². The molecule has 9 rings (SSSR count). The minimum atomic E-state index is -0.0467. The minimum absolute atomic E-state index is 0.0467. The van der Waals surface area contributed by atoms with Crippen molar-refractivity contribution in [1.29, 1.82) is 5.26 Å². The van der Waals surface area contributed by atoms with Gasteiger partial charge in [-0.2, -0.15) is 5.26 Å². The second-order valence-corrected chi connectivity index (χ2v) is 14.3. The molecule has 1 saturated carbocycles. The van der Waals surface area contributed by atoms with Crippen LogP contribution in [0.3, 0.4) is 0 Å². The monoisotopic (exact) mass is 633 g/mol. The van der Waals surface area contributed by atoms with Crippen molar-refractivity contribution in [2.75, 3.05) is 4.90 Å². The van der Waals surface area contributed by atoms with Crippen LogP contribution >= 0.6 is 0 Å². The number of aromatic nitrogens is 1. The molecule has 7 aromatic rings. The van der Waals surface area contributed by atoms with Crippen molar-refractivity contribution in [1.82, 2.24) is 4.57 Å². The second kappa shape index (κ2) is 11.5. The lowest BCUT2D eigenvalue weighted by molar-refractivity contribution is 0.160. The lowest BCUT2D eigenvalue weighted by Crippen LogP contribution is -2.54. The third-order valence-electron chi connectivity index (χ3n) is 11.5. The molecular weight excluding hydrogens is 595 g/mol. The lowest BCUT2D eigenvalue weighted by Gasteiger charge is -2.56. The number of fused-ring (bicyclic) bond motifs is 5. The maximum absolute atomic E-state index is 10.6. The number of rotatable bonds is 4. The number of benzene rings is 6. The molecule has 3 unspecified atom stereocenters. The van der Waals surface area contributed by atoms with Crippen LogP contribution in [0.5, 0.6) is 0 Å². The van der Waals surface area contributed by atoms with Gasteiger partial charge >= 0.3 is 0 Å². The molecule has 0 radical (unpaired) electrons. The van der Waals surface area contributed by atoms with E-state index in [1.165, 1.54) is 45.3 Å². The van der Waals surface area contributed by atoms with E-state index in [0.717, 1.165) is 35.1 Å². The zero-order valence-electron chi connectivity index (χ0n) is 28.1. The largest absolute Gasteiger partial charge is 0.338 e. The van der Waals surface area contributed by atoms with Crippen molar-refractivity contribution >= 4 is 33.2 Å². The first-order valence-electron chi connectivity index (χ1n) is 17.6. The van der Waals surface area contributed by atoms with Gasteiger partial charge in [-0.1, -0.05) is 129 Å². The Kier molecular flexibility index (Phi) is 6.95. The number of hydrogen-bond donors (Lipinski definition) is 0. The Bertz CT molecular complexity index is 2340. The Hall–Kier alpha value is -5.59. The van der Waals surface area contributed by atoms with Crippen LogP contribution in [0.15, 0.2) is 146 Å². The zero-order valence-corrected chi connectivity index (χ0v) is 28.1. The number of hydrogen-bond acceptors (Lipinski definition) is 2. The standard InChI is InChI=1S/C46H39N3/c1-46(2)39-25-10-13-28-42(39)48(32-17-4-3-5-18-32)43-29-15-23-37(44(43)46)33-19-6-7-20-34(33)38-24-14-16-31(30-47)45(38)49-40-26-11-8-21-35(40)36-22-9-12-27-41(36)49/h3-14,16-22,24-28,37,43-44H,15,23,29H2,1-2H3. The molecule has 2 heterocycles. The normalized spacial score (nSPS) is 19.7. The molecule has 0 spiro atoms. The van der Waals surface area contributed by atoms with Gasteiger partial charge in [-0.15, -0.1) is 0 Å². The Morgan fingerprint density at radius 2 is 1.27 bits per heavy atom. The van der Waals surface area contributed by atoms with Gasteiger partial charge < -0.3 is 9.47 Å². The molecule has 6 aromatic carbocycles. The fourth-order valence-corrected chi connectivity index (χ4v) is 9.62. The van der Waals surface area contributed by atoms with E-state index >= 15 is 0 Å². The Morgan fingerprint density at radius 3 is 2.02 bits per heavy atom. The summed E-state index contributed by atoms with van der Waals surface area (Å²) in [6.07, 6.45) is 3.46. The summed E-state index contributed by atoms with van der Waals surface area (Å²) in [5.74, 6) is 0.717. The first-order chi connectivity index (χ1) is 24.1. The molecular formula is C46H39N3. The van der Waals surface area contributed by atoms with Crippen LogP contribution in [0.25, 0.3) is 38.6 Å². The molecule has 1 aliphatic carbocycles. The van der Waals surface area contributed by atoms with Crippen molar-refractivity contribution in [2.24, 2.45) is 5.92 Å². The number of nitriles is 1. The molecule has 0 N–H and O–H groups in total. The third kappa shape index (κ3) is 4.47. The van der Waals surface area contributed by atoms with Gasteiger partial charge in [0.25, 0.3) is 0 Å². The Balaban J connectivity index is 1.27. The van der Waals surface area contributed by atoms with Gasteiger partial charge in [0.05, 0.1) is 22.3 Å². The smallest absolute Gasteiger partial charge is 0.101 e. The lowest BCUT2D eigenvalue weighted by atomic mass is 9.56. The van der Waals surface area contributed by atoms with Gasteiger partial charge in [0, 0.05) is 33.8 Å². The van der Waals surface area contributed by atoms with Crippen molar-refractivity contribution in [3.8, 4) is 22.9 Å². The number of nitrogens with zero attached hydrogens (tertiary/aromatic N) is 3. The summed E-state index contributed by atoms with van der Waals surface area (Å²) in [6, 6.07) is 55.5. The highest BCUT2D eigenvalue weighted by Crippen LogP contribution is 2.58. The molecule has 1 fully saturated rings. The van der Waals surface area contributed by atoms with Crippen LogP contribution in [0.1, 0.15) is 55.7 Å². The van der Waals surface area contributed by atoms with Gasteiger partial charge in [-0.05, 0) is 83.2 Å². The molecule has 2 aliphatic rings. The SMILES string of the molecule is CC1(C)c2ccccc2N(c2ccccc2)C2CCCC(c3ccccc3-c3cccc(C#N)c3-n3c4ccccc4c4ccccc43)C21. The van der Waals surface area contributed by atoms with Crippen LogP contribution in [0.2, 0.25) is 0 Å². The average molecular weight is 634 g/mol. The molecule has 3 heteroatoms. The summed E-state index contributed by atoms with van der Waals surface area (Å²) in [7, 11) is 0. The van der Waals surface area contributed by atoms with Gasteiger partial charge in [0.1, 0.15) is 6.07 Å². The van der Waals surface area contributed by atoms with E-state index in [-0.39, 0.29) is 5.41 Å². The quantitative estimate of drug-likeness (QED) is 0.193. The topological polar surface area (TPSA) is 32.0 Å². The molecule has 3 atom stereocenters. The fourth-order valence-electron chi connectivity index (χ4n) is 9.62. The fraction of sp³-hybridized carbons (Fsp3) is 0.196. The zero-order chi connectivity index (χ0) is 33.1.